The predicted octanol–water partition coefficient (Wildman–Crippen LogP) is 7.16. The molecule has 9 nitrogen and oxygen atoms in total. The number of nitrogens with zero attached hydrogens (tertiary/aromatic N) is 4. The zero-order chi connectivity index (χ0) is 38.3. The van der Waals surface area contributed by atoms with Gasteiger partial charge in [-0.1, -0.05) is 42.5 Å². The Kier molecular flexibility index (Phi) is 12.2. The van der Waals surface area contributed by atoms with E-state index in [9.17, 15) is 18.7 Å². The third-order valence-corrected chi connectivity index (χ3v) is 10.9. The molecule has 0 aliphatic carbocycles. The van der Waals surface area contributed by atoms with Crippen LogP contribution in [0.1, 0.15) is 60.8 Å². The van der Waals surface area contributed by atoms with Gasteiger partial charge in [-0.3, -0.25) is 4.79 Å². The monoisotopic (exact) mass is 740 g/mol. The molecular weight excluding hydrogens is 690 g/mol. The first kappa shape index (κ1) is 38.7. The molecule has 1 atom stereocenters. The molecule has 0 bridgehead atoms. The van der Waals surface area contributed by atoms with Gasteiger partial charge in [0.1, 0.15) is 23.1 Å². The van der Waals surface area contributed by atoms with Crippen LogP contribution in [0.15, 0.2) is 85.1 Å². The summed E-state index contributed by atoms with van der Waals surface area (Å²) in [6.07, 6.45) is 12.3. The van der Waals surface area contributed by atoms with Crippen LogP contribution in [0.2, 0.25) is 0 Å². The number of hydrogen-bond donors (Lipinski definition) is 1. The highest BCUT2D eigenvalue weighted by molar-refractivity contribution is 5.85. The fraction of sp³-hybridized carbons (Fsp3) is 0.395. The van der Waals surface area contributed by atoms with Crippen LogP contribution in [-0.4, -0.2) is 77.9 Å². The van der Waals surface area contributed by atoms with E-state index < -0.39 is 11.0 Å². The molecule has 54 heavy (non-hydrogen) atoms. The Labute approximate surface area is 316 Å². The number of carbonyl (C=O) groups excluding carboxylic acids is 1. The second-order valence-electron chi connectivity index (χ2n) is 14.3. The summed E-state index contributed by atoms with van der Waals surface area (Å²) < 4.78 is 46.2. The number of methoxy groups -OCH3 is 3. The number of hydrogen-bond acceptors (Lipinski definition) is 7. The topological polar surface area (TPSA) is 89.3 Å². The molecule has 3 aromatic carbocycles. The van der Waals surface area contributed by atoms with Crippen molar-refractivity contribution in [3.63, 3.8) is 0 Å². The van der Waals surface area contributed by atoms with E-state index in [-0.39, 0.29) is 17.5 Å². The molecule has 1 amide bonds. The highest BCUT2D eigenvalue weighted by Crippen LogP contribution is 2.43. The van der Waals surface area contributed by atoms with Crippen molar-refractivity contribution in [1.82, 2.24) is 19.4 Å². The lowest BCUT2D eigenvalue weighted by Crippen LogP contribution is -2.46. The van der Waals surface area contributed by atoms with Crippen LogP contribution in [0.3, 0.4) is 0 Å². The maximum absolute atomic E-state index is 14.5. The van der Waals surface area contributed by atoms with Gasteiger partial charge in [-0.25, -0.2) is 13.8 Å². The molecule has 11 heteroatoms. The number of aliphatic hydroxyl groups is 1. The number of amides is 1. The van der Waals surface area contributed by atoms with Gasteiger partial charge in [0, 0.05) is 32.7 Å². The number of carbonyl (C=O) groups is 1. The summed E-state index contributed by atoms with van der Waals surface area (Å²) in [5.74, 6) is 1.60. The number of rotatable bonds is 15. The van der Waals surface area contributed by atoms with E-state index in [0.29, 0.717) is 94.4 Å². The summed E-state index contributed by atoms with van der Waals surface area (Å²) in [6.45, 7) is 5.27. The van der Waals surface area contributed by atoms with Gasteiger partial charge in [0.15, 0.2) is 11.5 Å². The van der Waals surface area contributed by atoms with E-state index in [4.69, 9.17) is 19.2 Å². The number of aromatic nitrogens is 2. The van der Waals surface area contributed by atoms with Gasteiger partial charge in [-0.2, -0.15) is 0 Å². The molecule has 2 fully saturated rings. The molecule has 3 heterocycles. The first-order chi connectivity index (χ1) is 26.1. The summed E-state index contributed by atoms with van der Waals surface area (Å²) in [5, 5.41) is 12.1. The van der Waals surface area contributed by atoms with Crippen molar-refractivity contribution in [1.29, 1.82) is 0 Å². The lowest BCUT2D eigenvalue weighted by molar-refractivity contribution is -0.137. The van der Waals surface area contributed by atoms with Crippen LogP contribution in [-0.2, 0) is 29.9 Å². The number of halogens is 2. The van der Waals surface area contributed by atoms with Gasteiger partial charge in [-0.15, -0.1) is 0 Å². The Morgan fingerprint density at radius 3 is 2.04 bits per heavy atom. The Morgan fingerprint density at radius 1 is 0.815 bits per heavy atom. The Morgan fingerprint density at radius 2 is 1.44 bits per heavy atom. The molecule has 1 aromatic heterocycles. The Bertz CT molecular complexity index is 1930. The fourth-order valence-electron chi connectivity index (χ4n) is 7.81. The van der Waals surface area contributed by atoms with Crippen molar-refractivity contribution in [3.8, 4) is 17.2 Å². The van der Waals surface area contributed by atoms with E-state index in [1.807, 2.05) is 52.8 Å². The highest BCUT2D eigenvalue weighted by atomic mass is 19.1. The van der Waals surface area contributed by atoms with Crippen LogP contribution >= 0.6 is 0 Å². The summed E-state index contributed by atoms with van der Waals surface area (Å²) in [5.41, 5.74) is 1.70. The maximum atomic E-state index is 14.5. The first-order valence-corrected chi connectivity index (χ1v) is 18.5. The van der Waals surface area contributed by atoms with Crippen molar-refractivity contribution in [3.05, 3.63) is 125 Å². The molecule has 4 aromatic rings. The van der Waals surface area contributed by atoms with E-state index in [0.717, 1.165) is 22.4 Å². The number of piperidine rings is 1. The SMILES string of the molecule is C/C=C\C=C/c1cnc(C2(O)CCN(CCC3(Cc4ccc(F)cc4)CCN(Cc4cc(OC)c(OC)c(OC)c4)C3=O)CC2)n1Cc1ccc(F)cc1. The fourth-order valence-corrected chi connectivity index (χ4v) is 7.81. The van der Waals surface area contributed by atoms with Gasteiger partial charge in [0.25, 0.3) is 0 Å². The maximum Gasteiger partial charge on any atom is 0.229 e. The molecule has 0 spiro atoms. The minimum Gasteiger partial charge on any atom is -0.493 e. The average molecular weight is 741 g/mol. The second kappa shape index (κ2) is 17.0. The molecular formula is C43H50F2N4O5. The number of benzene rings is 3. The summed E-state index contributed by atoms with van der Waals surface area (Å²) in [4.78, 5) is 23.4. The number of ether oxygens (including phenoxy) is 3. The predicted molar refractivity (Wildman–Crippen MR) is 204 cm³/mol. The molecule has 6 rings (SSSR count). The third kappa shape index (κ3) is 8.53. The molecule has 2 aliphatic heterocycles. The number of imidazole rings is 1. The summed E-state index contributed by atoms with van der Waals surface area (Å²) >= 11 is 0. The van der Waals surface area contributed by atoms with Crippen LogP contribution < -0.4 is 14.2 Å². The summed E-state index contributed by atoms with van der Waals surface area (Å²) in [6, 6.07) is 16.6. The Hall–Kier alpha value is -5.00. The number of likely N-dealkylation sites (tertiary alicyclic amines) is 2. The van der Waals surface area contributed by atoms with Crippen molar-refractivity contribution >= 4 is 12.0 Å². The third-order valence-electron chi connectivity index (χ3n) is 10.9. The van der Waals surface area contributed by atoms with Crippen molar-refractivity contribution < 1.29 is 32.9 Å². The standard InChI is InChI=1S/C43H50F2N4O5/c1-5-6-7-8-36-28-46-40(49(36)30-32-11-15-35(45)16-12-32)43(51)19-22-47(23-20-43)21-17-42(27-31-9-13-34(44)14-10-31)18-24-48(41(42)50)29-33-25-37(52-2)39(54-4)38(26-33)53-3/h5-16,25-26,28,51H,17-24,27,29-30H2,1-4H3/b6-5-,8-7-. The smallest absolute Gasteiger partial charge is 0.229 e. The van der Waals surface area contributed by atoms with Crippen molar-refractivity contribution in [2.24, 2.45) is 5.41 Å². The first-order valence-electron chi connectivity index (χ1n) is 18.5. The summed E-state index contributed by atoms with van der Waals surface area (Å²) in [7, 11) is 4.70. The van der Waals surface area contributed by atoms with Gasteiger partial charge < -0.3 is 33.7 Å². The quantitative estimate of drug-likeness (QED) is 0.130. The zero-order valence-corrected chi connectivity index (χ0v) is 31.6. The lowest BCUT2D eigenvalue weighted by Gasteiger charge is -2.39. The van der Waals surface area contributed by atoms with E-state index in [2.05, 4.69) is 4.90 Å². The van der Waals surface area contributed by atoms with E-state index in [1.54, 1.807) is 51.8 Å². The second-order valence-corrected chi connectivity index (χ2v) is 14.3. The minimum atomic E-state index is -1.16. The Balaban J connectivity index is 1.18. The van der Waals surface area contributed by atoms with Crippen LogP contribution in [0.4, 0.5) is 8.78 Å². The van der Waals surface area contributed by atoms with Gasteiger partial charge >= 0.3 is 0 Å². The van der Waals surface area contributed by atoms with Crippen molar-refractivity contribution in [2.45, 2.75) is 57.7 Å². The average Bonchev–Trinajstić information content (AvgIpc) is 3.72. The van der Waals surface area contributed by atoms with E-state index in [1.165, 1.54) is 24.3 Å². The highest BCUT2D eigenvalue weighted by Gasteiger charge is 2.47. The molecule has 2 saturated heterocycles. The van der Waals surface area contributed by atoms with Gasteiger partial charge in [-0.05, 0) is 105 Å². The zero-order valence-electron chi connectivity index (χ0n) is 31.6. The molecule has 0 saturated carbocycles. The molecule has 0 radical (unpaired) electrons. The lowest BCUT2D eigenvalue weighted by atomic mass is 9.76. The minimum absolute atomic E-state index is 0.0652. The molecule has 286 valence electrons. The van der Waals surface area contributed by atoms with Gasteiger partial charge in [0.05, 0.1) is 38.6 Å². The molecule has 2 aliphatic rings. The van der Waals surface area contributed by atoms with Gasteiger partial charge in [0.2, 0.25) is 11.7 Å². The largest absolute Gasteiger partial charge is 0.493 e. The normalized spacial score (nSPS) is 18.9. The van der Waals surface area contributed by atoms with E-state index >= 15 is 0 Å². The van der Waals surface area contributed by atoms with Crippen LogP contribution in [0, 0.1) is 17.0 Å². The molecule has 1 unspecified atom stereocenters. The van der Waals surface area contributed by atoms with Crippen LogP contribution in [0.25, 0.3) is 6.08 Å². The van der Waals surface area contributed by atoms with Crippen molar-refractivity contribution in [2.75, 3.05) is 47.5 Å². The number of allylic oxidation sites excluding steroid dienone is 3. The molecule has 1 N–H and O–H groups in total. The van der Waals surface area contributed by atoms with Crippen LogP contribution in [0.5, 0.6) is 17.2 Å².